The highest BCUT2D eigenvalue weighted by Crippen LogP contribution is 2.25. The van der Waals surface area contributed by atoms with Gasteiger partial charge in [0.1, 0.15) is 0 Å². The van der Waals surface area contributed by atoms with E-state index in [0.29, 0.717) is 6.04 Å². The maximum Gasteiger partial charge on any atom is 0.0928 e. The van der Waals surface area contributed by atoms with Crippen molar-refractivity contribution in [3.8, 4) is 0 Å². The summed E-state index contributed by atoms with van der Waals surface area (Å²) in [6.45, 7) is 7.55. The highest BCUT2D eigenvalue weighted by Gasteiger charge is 2.05. The zero-order valence-electron chi connectivity index (χ0n) is 13.1. The van der Waals surface area contributed by atoms with E-state index >= 15 is 0 Å². The molecule has 0 radical (unpaired) electrons. The monoisotopic (exact) mass is 320 g/mol. The van der Waals surface area contributed by atoms with Gasteiger partial charge in [-0.3, -0.25) is 0 Å². The first-order valence-electron chi connectivity index (χ1n) is 7.62. The fraction of sp³-hybridized carbons (Fsp3) is 0.471. The summed E-state index contributed by atoms with van der Waals surface area (Å²) in [5, 5.41) is 6.90. The molecular formula is C17H24N2S2. The summed E-state index contributed by atoms with van der Waals surface area (Å²) >= 11 is 3.65. The van der Waals surface area contributed by atoms with Crippen LogP contribution in [-0.2, 0) is 12.2 Å². The van der Waals surface area contributed by atoms with Gasteiger partial charge in [-0.2, -0.15) is 0 Å². The minimum Gasteiger partial charge on any atom is -0.310 e. The van der Waals surface area contributed by atoms with Gasteiger partial charge in [-0.05, 0) is 44.0 Å². The number of nitrogens with zero attached hydrogens (tertiary/aromatic N) is 1. The normalized spacial score (nSPS) is 12.5. The molecule has 0 aliphatic heterocycles. The van der Waals surface area contributed by atoms with Gasteiger partial charge in [0.15, 0.2) is 0 Å². The van der Waals surface area contributed by atoms with E-state index in [1.807, 2.05) is 11.8 Å². The predicted octanol–water partition coefficient (Wildman–Crippen LogP) is 5.06. The van der Waals surface area contributed by atoms with Gasteiger partial charge >= 0.3 is 0 Å². The van der Waals surface area contributed by atoms with Gasteiger partial charge in [-0.1, -0.05) is 26.0 Å². The predicted molar refractivity (Wildman–Crippen MR) is 94.2 cm³/mol. The molecule has 0 saturated carbocycles. The molecule has 4 heteroatoms. The maximum absolute atomic E-state index is 4.67. The Bertz CT molecular complexity index is 534. The van der Waals surface area contributed by atoms with Crippen molar-refractivity contribution in [2.24, 2.45) is 0 Å². The number of nitrogens with one attached hydrogen (secondary N) is 1. The van der Waals surface area contributed by atoms with Crippen LogP contribution in [0.3, 0.4) is 0 Å². The highest BCUT2D eigenvalue weighted by atomic mass is 32.2. The maximum atomic E-state index is 4.67. The van der Waals surface area contributed by atoms with Gasteiger partial charge in [0.2, 0.25) is 0 Å². The summed E-state index contributed by atoms with van der Waals surface area (Å²) in [5.41, 5.74) is 2.55. The topological polar surface area (TPSA) is 24.9 Å². The zero-order valence-corrected chi connectivity index (χ0v) is 14.7. The molecule has 0 aliphatic rings. The Balaban J connectivity index is 1.88. The fourth-order valence-corrected chi connectivity index (χ4v) is 3.97. The first-order valence-corrected chi connectivity index (χ1v) is 9.48. The molecule has 0 amide bonds. The van der Waals surface area contributed by atoms with Gasteiger partial charge in [0.05, 0.1) is 10.7 Å². The van der Waals surface area contributed by atoms with Crippen LogP contribution in [0.4, 0.5) is 0 Å². The van der Waals surface area contributed by atoms with Crippen LogP contribution in [0.2, 0.25) is 0 Å². The molecule has 0 spiro atoms. The summed E-state index contributed by atoms with van der Waals surface area (Å²) in [6.07, 6.45) is 2.28. The van der Waals surface area contributed by atoms with Crippen molar-refractivity contribution in [2.45, 2.75) is 50.3 Å². The van der Waals surface area contributed by atoms with E-state index < -0.39 is 0 Å². The van der Waals surface area contributed by atoms with E-state index in [0.717, 1.165) is 18.7 Å². The second-order valence-electron chi connectivity index (χ2n) is 5.12. The van der Waals surface area contributed by atoms with E-state index in [9.17, 15) is 0 Å². The zero-order chi connectivity index (χ0) is 15.1. The summed E-state index contributed by atoms with van der Waals surface area (Å²) in [5.74, 6) is 0.961. The van der Waals surface area contributed by atoms with E-state index in [1.165, 1.54) is 27.6 Å². The van der Waals surface area contributed by atoms with E-state index in [-0.39, 0.29) is 0 Å². The van der Waals surface area contributed by atoms with Crippen LogP contribution in [0.5, 0.6) is 0 Å². The first kappa shape index (κ1) is 16.5. The molecule has 1 unspecified atom stereocenters. The number of benzene rings is 1. The second kappa shape index (κ2) is 8.57. The number of hydrogen-bond donors (Lipinski definition) is 1. The second-order valence-corrected chi connectivity index (χ2v) is 7.11. The molecule has 2 aromatic rings. The Morgan fingerprint density at radius 2 is 2.00 bits per heavy atom. The largest absolute Gasteiger partial charge is 0.310 e. The Morgan fingerprint density at radius 3 is 2.67 bits per heavy atom. The minimum atomic E-state index is 0.421. The van der Waals surface area contributed by atoms with Crippen molar-refractivity contribution >= 4 is 23.1 Å². The highest BCUT2D eigenvalue weighted by molar-refractivity contribution is 7.98. The molecule has 0 bridgehead atoms. The first-order chi connectivity index (χ1) is 10.2. The number of thioether (sulfide) groups is 1. The number of thiazole rings is 1. The fourth-order valence-electron chi connectivity index (χ4n) is 2.18. The van der Waals surface area contributed by atoms with E-state index in [1.54, 1.807) is 11.3 Å². The molecule has 2 nitrogen and oxygen atoms in total. The molecule has 1 aromatic heterocycles. The van der Waals surface area contributed by atoms with Crippen molar-refractivity contribution in [2.75, 3.05) is 6.54 Å². The lowest BCUT2D eigenvalue weighted by Gasteiger charge is -2.12. The average Bonchev–Trinajstić information content (AvgIpc) is 2.94. The van der Waals surface area contributed by atoms with Gasteiger partial charge in [-0.15, -0.1) is 23.1 Å². The average molecular weight is 321 g/mol. The third-order valence-electron chi connectivity index (χ3n) is 3.34. The third kappa shape index (κ3) is 5.13. The smallest absolute Gasteiger partial charge is 0.0928 e. The van der Waals surface area contributed by atoms with Crippen molar-refractivity contribution in [3.05, 3.63) is 45.9 Å². The molecule has 1 atom stereocenters. The summed E-state index contributed by atoms with van der Waals surface area (Å²) in [7, 11) is 0. The van der Waals surface area contributed by atoms with E-state index in [4.69, 9.17) is 0 Å². The molecule has 0 aliphatic carbocycles. The van der Waals surface area contributed by atoms with Gasteiger partial charge in [0.25, 0.3) is 0 Å². The van der Waals surface area contributed by atoms with Crippen molar-refractivity contribution in [3.63, 3.8) is 0 Å². The Labute approximate surface area is 136 Å². The van der Waals surface area contributed by atoms with Gasteiger partial charge in [-0.25, -0.2) is 4.98 Å². The molecule has 21 heavy (non-hydrogen) atoms. The van der Waals surface area contributed by atoms with Crippen LogP contribution < -0.4 is 5.32 Å². The molecule has 0 fully saturated rings. The van der Waals surface area contributed by atoms with Crippen molar-refractivity contribution in [1.82, 2.24) is 10.3 Å². The summed E-state index contributed by atoms with van der Waals surface area (Å²) < 4.78 is 0. The number of hydrogen-bond acceptors (Lipinski definition) is 4. The Kier molecular flexibility index (Phi) is 6.74. The van der Waals surface area contributed by atoms with Crippen molar-refractivity contribution in [1.29, 1.82) is 0 Å². The summed E-state index contributed by atoms with van der Waals surface area (Å²) in [6, 6.07) is 9.29. The van der Waals surface area contributed by atoms with Gasteiger partial charge in [0, 0.05) is 22.1 Å². The number of aromatic nitrogens is 1. The lowest BCUT2D eigenvalue weighted by atomic mass is 10.1. The van der Waals surface area contributed by atoms with Crippen molar-refractivity contribution < 1.29 is 0 Å². The number of rotatable bonds is 8. The standard InChI is InChI=1S/C17H24N2S2/c1-4-6-17-19-15(12-21-17)11-20-16-9-7-14(8-10-16)13(3)18-5-2/h7-10,12-13,18H,4-6,11H2,1-3H3. The Hall–Kier alpha value is -0.840. The van der Waals surface area contributed by atoms with Crippen LogP contribution in [0.15, 0.2) is 34.5 Å². The molecule has 1 heterocycles. The van der Waals surface area contributed by atoms with Gasteiger partial charge < -0.3 is 5.32 Å². The van der Waals surface area contributed by atoms with Crippen LogP contribution >= 0.6 is 23.1 Å². The van der Waals surface area contributed by atoms with Crippen LogP contribution in [0, 0.1) is 0 Å². The third-order valence-corrected chi connectivity index (χ3v) is 5.34. The molecule has 2 rings (SSSR count). The molecule has 114 valence electrons. The van der Waals surface area contributed by atoms with Crippen LogP contribution in [0.1, 0.15) is 49.5 Å². The lowest BCUT2D eigenvalue weighted by molar-refractivity contribution is 0.598. The number of aryl methyl sites for hydroxylation is 1. The van der Waals surface area contributed by atoms with E-state index in [2.05, 4.69) is 60.7 Å². The minimum absolute atomic E-state index is 0.421. The quantitative estimate of drug-likeness (QED) is 0.688. The van der Waals surface area contributed by atoms with Crippen LogP contribution in [-0.4, -0.2) is 11.5 Å². The van der Waals surface area contributed by atoms with Crippen LogP contribution in [0.25, 0.3) is 0 Å². The molecule has 0 saturated heterocycles. The summed E-state index contributed by atoms with van der Waals surface area (Å²) in [4.78, 5) is 5.99. The molecule has 1 N–H and O–H groups in total. The Morgan fingerprint density at radius 1 is 1.24 bits per heavy atom. The molecule has 1 aromatic carbocycles. The lowest BCUT2D eigenvalue weighted by Crippen LogP contribution is -2.17. The SMILES string of the molecule is CCCc1nc(CSc2ccc(C(C)NCC)cc2)cs1. The molecular weight excluding hydrogens is 296 g/mol.